The topological polar surface area (TPSA) is 98.3 Å². The van der Waals surface area contributed by atoms with Gasteiger partial charge in [0.05, 0.1) is 16.6 Å². The summed E-state index contributed by atoms with van der Waals surface area (Å²) in [6.45, 7) is 3.00. The third kappa shape index (κ3) is 5.29. The first kappa shape index (κ1) is 24.8. The summed E-state index contributed by atoms with van der Waals surface area (Å²) in [6, 6.07) is 22.8. The van der Waals surface area contributed by atoms with Gasteiger partial charge in [-0.25, -0.2) is 4.98 Å². The Morgan fingerprint density at radius 1 is 1.00 bits per heavy atom. The fraction of sp³-hybridized carbons (Fsp3) is 0.241. The summed E-state index contributed by atoms with van der Waals surface area (Å²) >= 11 is 1.49. The Morgan fingerprint density at radius 2 is 1.70 bits per heavy atom. The monoisotopic (exact) mass is 512 g/mol. The van der Waals surface area contributed by atoms with Crippen LogP contribution in [-0.4, -0.2) is 39.4 Å². The first-order valence-electron chi connectivity index (χ1n) is 12.3. The second-order valence-electron chi connectivity index (χ2n) is 9.35. The maximum Gasteiger partial charge on any atom is 0.266 e. The van der Waals surface area contributed by atoms with E-state index in [1.54, 1.807) is 27.7 Å². The minimum absolute atomic E-state index is 0.132. The number of aromatic nitrogens is 2. The first-order valence-corrected chi connectivity index (χ1v) is 13.3. The van der Waals surface area contributed by atoms with Gasteiger partial charge in [-0.3, -0.25) is 19.0 Å². The highest BCUT2D eigenvalue weighted by atomic mass is 32.2. The number of para-hydroxylation sites is 1. The fourth-order valence-electron chi connectivity index (χ4n) is 4.58. The number of piperidine rings is 1. The molecule has 0 unspecified atom stereocenters. The van der Waals surface area contributed by atoms with Crippen LogP contribution in [0.5, 0.6) is 0 Å². The Hall–Kier alpha value is -3.91. The van der Waals surface area contributed by atoms with E-state index < -0.39 is 0 Å². The van der Waals surface area contributed by atoms with Crippen molar-refractivity contribution in [3.63, 3.8) is 0 Å². The Labute approximate surface area is 219 Å². The zero-order chi connectivity index (χ0) is 25.9. The van der Waals surface area contributed by atoms with Crippen molar-refractivity contribution in [1.29, 1.82) is 0 Å². The van der Waals surface area contributed by atoms with Crippen molar-refractivity contribution in [2.75, 3.05) is 13.1 Å². The Morgan fingerprint density at radius 3 is 2.38 bits per heavy atom. The normalized spacial score (nSPS) is 14.1. The molecule has 1 fully saturated rings. The maximum absolute atomic E-state index is 13.7. The highest BCUT2D eigenvalue weighted by Gasteiger charge is 2.27. The molecule has 1 aromatic heterocycles. The molecule has 0 atom stereocenters. The number of carbonyl (C=O) groups is 2. The van der Waals surface area contributed by atoms with Gasteiger partial charge < -0.3 is 10.6 Å². The van der Waals surface area contributed by atoms with Gasteiger partial charge in [0.2, 0.25) is 5.91 Å². The predicted molar refractivity (Wildman–Crippen MR) is 146 cm³/mol. The highest BCUT2D eigenvalue weighted by Crippen LogP contribution is 2.26. The largest absolute Gasteiger partial charge is 0.369 e. The molecule has 4 aromatic rings. The van der Waals surface area contributed by atoms with Crippen LogP contribution < -0.4 is 11.3 Å². The Bertz CT molecular complexity index is 1510. The number of fused-ring (bicyclic) bond motifs is 1. The van der Waals surface area contributed by atoms with Crippen LogP contribution in [-0.2, 0) is 10.5 Å². The van der Waals surface area contributed by atoms with Crippen molar-refractivity contribution in [2.45, 2.75) is 30.7 Å². The van der Waals surface area contributed by atoms with Crippen molar-refractivity contribution in [3.8, 4) is 5.69 Å². The summed E-state index contributed by atoms with van der Waals surface area (Å²) in [6.07, 6.45) is 1.13. The molecule has 0 radical (unpaired) electrons. The van der Waals surface area contributed by atoms with Gasteiger partial charge in [-0.2, -0.15) is 0 Å². The number of likely N-dealkylation sites (tertiary alicyclic amines) is 1. The van der Waals surface area contributed by atoms with Crippen LogP contribution in [0.2, 0.25) is 0 Å². The van der Waals surface area contributed by atoms with Crippen LogP contribution in [0.1, 0.15) is 34.3 Å². The fourth-order valence-corrected chi connectivity index (χ4v) is 5.55. The molecule has 1 saturated heterocycles. The molecule has 188 valence electrons. The molecule has 5 rings (SSSR count). The van der Waals surface area contributed by atoms with Crippen LogP contribution in [0.3, 0.4) is 0 Å². The third-order valence-corrected chi connectivity index (χ3v) is 7.78. The number of benzene rings is 3. The molecule has 3 aromatic carbocycles. The number of aryl methyl sites for hydroxylation is 1. The minimum atomic E-state index is -0.313. The van der Waals surface area contributed by atoms with Gasteiger partial charge in [-0.05, 0) is 55.7 Å². The number of nitrogens with two attached hydrogens (primary N) is 1. The van der Waals surface area contributed by atoms with Gasteiger partial charge >= 0.3 is 0 Å². The summed E-state index contributed by atoms with van der Waals surface area (Å²) in [5.74, 6) is 0.0188. The number of carbonyl (C=O) groups excluding carboxylic acids is 2. The predicted octanol–water partition coefficient (Wildman–Crippen LogP) is 4.32. The molecule has 7 nitrogen and oxygen atoms in total. The third-order valence-electron chi connectivity index (χ3n) is 6.77. The molecule has 0 spiro atoms. The van der Waals surface area contributed by atoms with Crippen LogP contribution in [0, 0.1) is 12.8 Å². The van der Waals surface area contributed by atoms with E-state index in [0.29, 0.717) is 53.3 Å². The number of thioether (sulfide) groups is 1. The van der Waals surface area contributed by atoms with E-state index in [2.05, 4.69) is 24.3 Å². The van der Waals surface area contributed by atoms with Gasteiger partial charge in [0.1, 0.15) is 0 Å². The van der Waals surface area contributed by atoms with E-state index in [0.717, 1.165) is 11.3 Å². The van der Waals surface area contributed by atoms with Gasteiger partial charge in [-0.15, -0.1) is 0 Å². The first-order chi connectivity index (χ1) is 17.9. The minimum Gasteiger partial charge on any atom is -0.369 e. The summed E-state index contributed by atoms with van der Waals surface area (Å²) in [5.41, 5.74) is 9.28. The second kappa shape index (κ2) is 10.6. The summed E-state index contributed by atoms with van der Waals surface area (Å²) < 4.78 is 1.64. The lowest BCUT2D eigenvalue weighted by molar-refractivity contribution is -0.123. The van der Waals surface area contributed by atoms with Crippen LogP contribution in [0.25, 0.3) is 16.6 Å². The lowest BCUT2D eigenvalue weighted by Crippen LogP contribution is -2.41. The molecule has 2 amide bonds. The average molecular weight is 513 g/mol. The SMILES string of the molecule is Cc1ccc(CSc2nc3cc(C(=O)N4CCC(C(N)=O)CC4)ccc3c(=O)n2-c2ccccc2)cc1. The lowest BCUT2D eigenvalue weighted by atomic mass is 9.96. The zero-order valence-corrected chi connectivity index (χ0v) is 21.4. The summed E-state index contributed by atoms with van der Waals surface area (Å²) in [4.78, 5) is 44.9. The molecular weight excluding hydrogens is 484 g/mol. The van der Waals surface area contributed by atoms with E-state index in [4.69, 9.17) is 10.7 Å². The number of nitrogens with zero attached hydrogens (tertiary/aromatic N) is 3. The van der Waals surface area contributed by atoms with Crippen LogP contribution >= 0.6 is 11.8 Å². The van der Waals surface area contributed by atoms with Crippen molar-refractivity contribution in [3.05, 3.63) is 99.8 Å². The van der Waals surface area contributed by atoms with E-state index >= 15 is 0 Å². The lowest BCUT2D eigenvalue weighted by Gasteiger charge is -2.30. The number of hydrogen-bond donors (Lipinski definition) is 1. The van der Waals surface area contributed by atoms with Crippen LogP contribution in [0.15, 0.2) is 82.7 Å². The highest BCUT2D eigenvalue weighted by molar-refractivity contribution is 7.98. The number of hydrogen-bond acceptors (Lipinski definition) is 5. The van der Waals surface area contributed by atoms with Gasteiger partial charge in [0.15, 0.2) is 5.16 Å². The van der Waals surface area contributed by atoms with Crippen molar-refractivity contribution in [2.24, 2.45) is 11.7 Å². The molecule has 8 heteroatoms. The number of rotatable bonds is 6. The average Bonchev–Trinajstić information content (AvgIpc) is 2.92. The number of primary amides is 1. The summed E-state index contributed by atoms with van der Waals surface area (Å²) in [5, 5.41) is 1.02. The molecule has 2 heterocycles. The van der Waals surface area contributed by atoms with E-state index in [-0.39, 0.29) is 23.3 Å². The van der Waals surface area contributed by atoms with Crippen molar-refractivity contribution < 1.29 is 9.59 Å². The van der Waals surface area contributed by atoms with E-state index in [9.17, 15) is 14.4 Å². The van der Waals surface area contributed by atoms with Crippen molar-refractivity contribution in [1.82, 2.24) is 14.5 Å². The quantitative estimate of drug-likeness (QED) is 0.306. The van der Waals surface area contributed by atoms with Gasteiger partial charge in [0.25, 0.3) is 11.5 Å². The van der Waals surface area contributed by atoms with Crippen molar-refractivity contribution >= 4 is 34.5 Å². The molecule has 1 aliphatic rings. The zero-order valence-electron chi connectivity index (χ0n) is 20.6. The Kier molecular flexibility index (Phi) is 7.10. The second-order valence-corrected chi connectivity index (χ2v) is 10.3. The molecule has 37 heavy (non-hydrogen) atoms. The summed E-state index contributed by atoms with van der Waals surface area (Å²) in [7, 11) is 0. The van der Waals surface area contributed by atoms with Gasteiger partial charge in [0, 0.05) is 30.3 Å². The molecule has 0 aliphatic carbocycles. The molecular formula is C29H28N4O3S. The molecule has 0 bridgehead atoms. The maximum atomic E-state index is 13.7. The number of amides is 2. The Balaban J connectivity index is 1.50. The van der Waals surface area contributed by atoms with E-state index in [1.165, 1.54) is 17.3 Å². The smallest absolute Gasteiger partial charge is 0.266 e. The standard InChI is InChI=1S/C29H28N4O3S/c1-19-7-9-20(10-8-19)18-37-29-31-25-17-22(27(35)32-15-13-21(14-16-32)26(30)34)11-12-24(25)28(36)33(29)23-5-3-2-4-6-23/h2-12,17,21H,13-16,18H2,1H3,(H2,30,34). The van der Waals surface area contributed by atoms with Gasteiger partial charge in [-0.1, -0.05) is 59.8 Å². The van der Waals surface area contributed by atoms with Crippen LogP contribution in [0.4, 0.5) is 0 Å². The molecule has 0 saturated carbocycles. The molecule has 2 N–H and O–H groups in total. The molecule has 1 aliphatic heterocycles. The van der Waals surface area contributed by atoms with E-state index in [1.807, 2.05) is 37.3 Å².